The molecule has 0 aliphatic carbocycles. The maximum atomic E-state index is 10.6. The zero-order chi connectivity index (χ0) is 13.7. The summed E-state index contributed by atoms with van der Waals surface area (Å²) in [4.78, 5) is 14.9. The Bertz CT molecular complexity index is 428. The Kier molecular flexibility index (Phi) is 4.90. The van der Waals surface area contributed by atoms with Crippen molar-refractivity contribution in [1.82, 2.24) is 9.80 Å². The zero-order valence-electron chi connectivity index (χ0n) is 11.0. The average Bonchev–Trinajstić information content (AvgIpc) is 2.41. The molecule has 1 aromatic carbocycles. The summed E-state index contributed by atoms with van der Waals surface area (Å²) in [5, 5.41) is 18.0. The van der Waals surface area contributed by atoms with E-state index in [1.54, 1.807) is 0 Å². The number of carboxylic acids is 1. The number of hydrogen-bond donors (Lipinski definition) is 2. The molecule has 0 aromatic heterocycles. The van der Waals surface area contributed by atoms with Gasteiger partial charge in [-0.25, -0.2) is 0 Å². The first-order valence-corrected chi connectivity index (χ1v) is 6.53. The number of piperazine rings is 1. The van der Waals surface area contributed by atoms with Crippen LogP contribution in [0.25, 0.3) is 0 Å². The van der Waals surface area contributed by atoms with E-state index in [2.05, 4.69) is 4.90 Å². The molecule has 0 unspecified atom stereocenters. The topological polar surface area (TPSA) is 64.0 Å². The van der Waals surface area contributed by atoms with Crippen LogP contribution in [0, 0.1) is 0 Å². The quantitative estimate of drug-likeness (QED) is 0.805. The van der Waals surface area contributed by atoms with Crippen LogP contribution in [0.2, 0.25) is 0 Å². The van der Waals surface area contributed by atoms with Gasteiger partial charge >= 0.3 is 5.97 Å². The summed E-state index contributed by atoms with van der Waals surface area (Å²) in [7, 11) is 0. The van der Waals surface area contributed by atoms with Gasteiger partial charge in [-0.2, -0.15) is 0 Å². The molecule has 5 nitrogen and oxygen atoms in total. The number of carbonyl (C=O) groups is 1. The first kappa shape index (κ1) is 14.0. The van der Waals surface area contributed by atoms with Gasteiger partial charge in [0.15, 0.2) is 0 Å². The Morgan fingerprint density at radius 3 is 2.21 bits per heavy atom. The summed E-state index contributed by atoms with van der Waals surface area (Å²) in [5.41, 5.74) is 2.12. The van der Waals surface area contributed by atoms with Gasteiger partial charge in [-0.3, -0.25) is 14.6 Å². The average molecular weight is 264 g/mol. The smallest absolute Gasteiger partial charge is 0.317 e. The molecule has 0 amide bonds. The number of aliphatic hydroxyl groups is 1. The van der Waals surface area contributed by atoms with Crippen molar-refractivity contribution >= 4 is 5.97 Å². The standard InChI is InChI=1S/C14H20N2O3/c17-11-13-4-2-1-3-12(13)9-15-5-7-16(8-6-15)10-14(18)19/h1-4,17H,5-11H2,(H,18,19). The molecule has 0 spiro atoms. The number of nitrogens with zero attached hydrogens (tertiary/aromatic N) is 2. The van der Waals surface area contributed by atoms with Gasteiger partial charge in [-0.1, -0.05) is 24.3 Å². The molecule has 1 aliphatic heterocycles. The first-order chi connectivity index (χ1) is 9.19. The van der Waals surface area contributed by atoms with Gasteiger partial charge in [0.25, 0.3) is 0 Å². The summed E-state index contributed by atoms with van der Waals surface area (Å²) < 4.78 is 0. The highest BCUT2D eigenvalue weighted by Gasteiger charge is 2.19. The number of aliphatic carboxylic acids is 1. The molecular weight excluding hydrogens is 244 g/mol. The first-order valence-electron chi connectivity index (χ1n) is 6.53. The van der Waals surface area contributed by atoms with Gasteiger partial charge in [-0.05, 0) is 11.1 Å². The molecule has 1 aliphatic rings. The Hall–Kier alpha value is -1.43. The van der Waals surface area contributed by atoms with E-state index in [4.69, 9.17) is 5.11 Å². The van der Waals surface area contributed by atoms with Crippen LogP contribution in [0.4, 0.5) is 0 Å². The lowest BCUT2D eigenvalue weighted by Gasteiger charge is -2.34. The molecule has 1 fully saturated rings. The van der Waals surface area contributed by atoms with Crippen LogP contribution in [0.15, 0.2) is 24.3 Å². The van der Waals surface area contributed by atoms with E-state index in [0.717, 1.165) is 43.9 Å². The van der Waals surface area contributed by atoms with Crippen molar-refractivity contribution < 1.29 is 15.0 Å². The molecule has 2 rings (SSSR count). The fourth-order valence-electron chi connectivity index (χ4n) is 2.40. The number of carboxylic acid groups (broad SMARTS) is 1. The van der Waals surface area contributed by atoms with Crippen LogP contribution in [-0.4, -0.2) is 58.7 Å². The molecule has 0 bridgehead atoms. The molecule has 104 valence electrons. The number of rotatable bonds is 5. The highest BCUT2D eigenvalue weighted by Crippen LogP contribution is 2.13. The van der Waals surface area contributed by atoms with Crippen LogP contribution >= 0.6 is 0 Å². The minimum Gasteiger partial charge on any atom is -0.480 e. The minimum atomic E-state index is -0.765. The largest absolute Gasteiger partial charge is 0.480 e. The van der Waals surface area contributed by atoms with Crippen LogP contribution in [0.3, 0.4) is 0 Å². The fourth-order valence-corrected chi connectivity index (χ4v) is 2.40. The van der Waals surface area contributed by atoms with Gasteiger partial charge in [-0.15, -0.1) is 0 Å². The number of benzene rings is 1. The van der Waals surface area contributed by atoms with E-state index in [1.165, 1.54) is 0 Å². The van der Waals surface area contributed by atoms with E-state index in [0.29, 0.717) is 0 Å². The van der Waals surface area contributed by atoms with Crippen LogP contribution in [0.5, 0.6) is 0 Å². The van der Waals surface area contributed by atoms with Crippen molar-refractivity contribution in [1.29, 1.82) is 0 Å². The van der Waals surface area contributed by atoms with Crippen LogP contribution < -0.4 is 0 Å². The molecular formula is C14H20N2O3. The molecule has 1 aromatic rings. The van der Waals surface area contributed by atoms with Gasteiger partial charge in [0.05, 0.1) is 13.2 Å². The summed E-state index contributed by atoms with van der Waals surface area (Å²) >= 11 is 0. The molecule has 19 heavy (non-hydrogen) atoms. The molecule has 1 heterocycles. The minimum absolute atomic E-state index is 0.0646. The second kappa shape index (κ2) is 6.65. The van der Waals surface area contributed by atoms with E-state index in [9.17, 15) is 9.90 Å². The Morgan fingerprint density at radius 1 is 1.05 bits per heavy atom. The maximum Gasteiger partial charge on any atom is 0.317 e. The van der Waals surface area contributed by atoms with Gasteiger partial charge in [0, 0.05) is 32.7 Å². The lowest BCUT2D eigenvalue weighted by molar-refractivity contribution is -0.138. The lowest BCUT2D eigenvalue weighted by atomic mass is 10.1. The van der Waals surface area contributed by atoms with Crippen molar-refractivity contribution in [3.8, 4) is 0 Å². The number of hydrogen-bond acceptors (Lipinski definition) is 4. The monoisotopic (exact) mass is 264 g/mol. The van der Waals surface area contributed by atoms with Gasteiger partial charge in [0.2, 0.25) is 0 Å². The predicted octanol–water partition coefficient (Wildman–Crippen LogP) is 0.381. The Morgan fingerprint density at radius 2 is 1.63 bits per heavy atom. The SMILES string of the molecule is O=C(O)CN1CCN(Cc2ccccc2CO)CC1. The van der Waals surface area contributed by atoms with Crippen molar-refractivity contribution in [3.05, 3.63) is 35.4 Å². The second-order valence-electron chi connectivity index (χ2n) is 4.87. The third-order valence-electron chi connectivity index (χ3n) is 3.51. The molecule has 0 saturated carbocycles. The summed E-state index contributed by atoms with van der Waals surface area (Å²) in [6, 6.07) is 7.89. The normalized spacial score (nSPS) is 17.5. The molecule has 2 N–H and O–H groups in total. The summed E-state index contributed by atoms with van der Waals surface area (Å²) in [5.74, 6) is -0.765. The van der Waals surface area contributed by atoms with Gasteiger partial charge in [0.1, 0.15) is 0 Å². The molecule has 0 radical (unpaired) electrons. The Balaban J connectivity index is 1.87. The van der Waals surface area contributed by atoms with Crippen molar-refractivity contribution in [2.24, 2.45) is 0 Å². The zero-order valence-corrected chi connectivity index (χ0v) is 11.0. The lowest BCUT2D eigenvalue weighted by Crippen LogP contribution is -2.47. The highest BCUT2D eigenvalue weighted by atomic mass is 16.4. The summed E-state index contributed by atoms with van der Waals surface area (Å²) in [6.45, 7) is 4.31. The Labute approximate surface area is 113 Å². The van der Waals surface area contributed by atoms with Crippen LogP contribution in [-0.2, 0) is 17.9 Å². The third-order valence-corrected chi connectivity index (χ3v) is 3.51. The maximum absolute atomic E-state index is 10.6. The predicted molar refractivity (Wildman–Crippen MR) is 71.7 cm³/mol. The van der Waals surface area contributed by atoms with Gasteiger partial charge < -0.3 is 10.2 Å². The molecule has 0 atom stereocenters. The third kappa shape index (κ3) is 4.02. The summed E-state index contributed by atoms with van der Waals surface area (Å²) in [6.07, 6.45) is 0. The van der Waals surface area contributed by atoms with E-state index in [-0.39, 0.29) is 13.2 Å². The molecule has 5 heteroatoms. The van der Waals surface area contributed by atoms with E-state index in [1.807, 2.05) is 29.2 Å². The second-order valence-corrected chi connectivity index (χ2v) is 4.87. The van der Waals surface area contributed by atoms with Crippen molar-refractivity contribution in [2.45, 2.75) is 13.2 Å². The van der Waals surface area contributed by atoms with Crippen molar-refractivity contribution in [2.75, 3.05) is 32.7 Å². The van der Waals surface area contributed by atoms with E-state index < -0.39 is 5.97 Å². The van der Waals surface area contributed by atoms with E-state index >= 15 is 0 Å². The fraction of sp³-hybridized carbons (Fsp3) is 0.500. The van der Waals surface area contributed by atoms with Crippen molar-refractivity contribution in [3.63, 3.8) is 0 Å². The number of aliphatic hydroxyl groups excluding tert-OH is 1. The molecule has 1 saturated heterocycles. The highest BCUT2D eigenvalue weighted by molar-refractivity contribution is 5.69. The van der Waals surface area contributed by atoms with Crippen LogP contribution in [0.1, 0.15) is 11.1 Å².